The van der Waals surface area contributed by atoms with Crippen molar-refractivity contribution >= 4 is 11.6 Å². The van der Waals surface area contributed by atoms with E-state index in [-0.39, 0.29) is 5.15 Å². The molecule has 4 heteroatoms. The molecule has 0 N–H and O–H groups in total. The Hall–Kier alpha value is -1.74. The normalized spacial score (nSPS) is 10.1. The molecule has 0 saturated carbocycles. The lowest BCUT2D eigenvalue weighted by Gasteiger charge is -2.06. The summed E-state index contributed by atoms with van der Waals surface area (Å²) >= 11 is 5.76. The number of pyridine rings is 1. The number of rotatable bonds is 2. The fourth-order valence-corrected chi connectivity index (χ4v) is 1.63. The van der Waals surface area contributed by atoms with Crippen molar-refractivity contribution in [3.63, 3.8) is 0 Å². The van der Waals surface area contributed by atoms with Gasteiger partial charge in [-0.25, -0.2) is 0 Å². The first-order valence-electron chi connectivity index (χ1n) is 4.75. The lowest BCUT2D eigenvalue weighted by atomic mass is 10.1. The van der Waals surface area contributed by atoms with Crippen molar-refractivity contribution in [2.45, 2.75) is 0 Å². The molecule has 82 valence electrons. The average Bonchev–Trinajstić information content (AvgIpc) is 2.33. The molecule has 0 spiro atoms. The zero-order chi connectivity index (χ0) is 11.5. The standard InChI is InChI=1S/C12H10ClNO2/c1-16-10-5-2-4-9(8-10)11-6-3-7-12(13)14(11)15/h2-8H,1H3. The van der Waals surface area contributed by atoms with E-state index < -0.39 is 0 Å². The third-order valence-electron chi connectivity index (χ3n) is 2.27. The summed E-state index contributed by atoms with van der Waals surface area (Å²) in [6.07, 6.45) is 0. The van der Waals surface area contributed by atoms with Crippen LogP contribution < -0.4 is 9.47 Å². The Labute approximate surface area is 98.4 Å². The van der Waals surface area contributed by atoms with Crippen LogP contribution in [0.15, 0.2) is 42.5 Å². The second kappa shape index (κ2) is 4.41. The first kappa shape index (κ1) is 10.8. The highest BCUT2D eigenvalue weighted by molar-refractivity contribution is 6.28. The van der Waals surface area contributed by atoms with E-state index in [2.05, 4.69) is 0 Å². The number of benzene rings is 1. The SMILES string of the molecule is COc1cccc(-c2cccc(Cl)[n+]2[O-])c1. The Bertz CT molecular complexity index is 514. The third-order valence-corrected chi connectivity index (χ3v) is 2.55. The second-order valence-electron chi connectivity index (χ2n) is 3.26. The van der Waals surface area contributed by atoms with Crippen molar-refractivity contribution in [3.05, 3.63) is 52.8 Å². The largest absolute Gasteiger partial charge is 0.617 e. The summed E-state index contributed by atoms with van der Waals surface area (Å²) in [7, 11) is 1.59. The lowest BCUT2D eigenvalue weighted by molar-refractivity contribution is -0.591. The van der Waals surface area contributed by atoms with E-state index in [9.17, 15) is 5.21 Å². The lowest BCUT2D eigenvalue weighted by Crippen LogP contribution is -2.30. The van der Waals surface area contributed by atoms with Crippen LogP contribution in [0.2, 0.25) is 5.15 Å². The molecule has 16 heavy (non-hydrogen) atoms. The quantitative estimate of drug-likeness (QED) is 0.456. The summed E-state index contributed by atoms with van der Waals surface area (Å²) in [5.41, 5.74) is 1.28. The first-order chi connectivity index (χ1) is 7.72. The fraction of sp³-hybridized carbons (Fsp3) is 0.0833. The minimum absolute atomic E-state index is 0.153. The molecule has 0 aliphatic heterocycles. The van der Waals surface area contributed by atoms with E-state index in [0.717, 1.165) is 5.56 Å². The molecule has 2 aromatic rings. The number of aromatic nitrogens is 1. The van der Waals surface area contributed by atoms with Crippen LogP contribution in [0.4, 0.5) is 0 Å². The summed E-state index contributed by atoms with van der Waals surface area (Å²) < 4.78 is 5.79. The van der Waals surface area contributed by atoms with Gasteiger partial charge in [0.25, 0.3) is 5.15 Å². The average molecular weight is 236 g/mol. The molecule has 1 aromatic carbocycles. The van der Waals surface area contributed by atoms with Crippen molar-refractivity contribution in [2.24, 2.45) is 0 Å². The molecule has 0 aliphatic carbocycles. The summed E-state index contributed by atoms with van der Waals surface area (Å²) in [6.45, 7) is 0. The van der Waals surface area contributed by atoms with E-state index in [4.69, 9.17) is 16.3 Å². The van der Waals surface area contributed by atoms with Gasteiger partial charge in [-0.3, -0.25) is 0 Å². The highest BCUT2D eigenvalue weighted by Crippen LogP contribution is 2.21. The predicted octanol–water partition coefficient (Wildman–Crippen LogP) is 2.65. The van der Waals surface area contributed by atoms with Crippen LogP contribution in [0.3, 0.4) is 0 Å². The Morgan fingerprint density at radius 3 is 2.69 bits per heavy atom. The second-order valence-corrected chi connectivity index (χ2v) is 3.65. The predicted molar refractivity (Wildman–Crippen MR) is 62.4 cm³/mol. The molecule has 0 atom stereocenters. The summed E-state index contributed by atoms with van der Waals surface area (Å²) in [4.78, 5) is 0. The summed E-state index contributed by atoms with van der Waals surface area (Å²) in [6, 6.07) is 12.3. The highest BCUT2D eigenvalue weighted by atomic mass is 35.5. The number of halogens is 1. The van der Waals surface area contributed by atoms with Gasteiger partial charge in [-0.1, -0.05) is 6.07 Å². The molecule has 1 aromatic heterocycles. The van der Waals surface area contributed by atoms with E-state index in [1.54, 1.807) is 31.4 Å². The molecule has 0 amide bonds. The Morgan fingerprint density at radius 2 is 1.94 bits per heavy atom. The monoisotopic (exact) mass is 235 g/mol. The van der Waals surface area contributed by atoms with Crippen molar-refractivity contribution < 1.29 is 9.47 Å². The van der Waals surface area contributed by atoms with E-state index in [0.29, 0.717) is 16.2 Å². The van der Waals surface area contributed by atoms with E-state index in [1.165, 1.54) is 0 Å². The van der Waals surface area contributed by atoms with Crippen LogP contribution >= 0.6 is 11.6 Å². The van der Waals surface area contributed by atoms with Gasteiger partial charge in [0.05, 0.1) is 12.7 Å². The fourth-order valence-electron chi connectivity index (χ4n) is 1.46. The Kier molecular flexibility index (Phi) is 2.97. The van der Waals surface area contributed by atoms with Gasteiger partial charge in [-0.05, 0) is 35.9 Å². The molecule has 2 rings (SSSR count). The minimum atomic E-state index is 0.153. The maximum Gasteiger partial charge on any atom is 0.286 e. The Morgan fingerprint density at radius 1 is 1.19 bits per heavy atom. The van der Waals surface area contributed by atoms with Gasteiger partial charge in [0.2, 0.25) is 5.69 Å². The maximum absolute atomic E-state index is 11.7. The van der Waals surface area contributed by atoms with Gasteiger partial charge < -0.3 is 9.94 Å². The summed E-state index contributed by atoms with van der Waals surface area (Å²) in [5, 5.41) is 11.9. The van der Waals surface area contributed by atoms with Crippen LogP contribution in [-0.4, -0.2) is 7.11 Å². The third kappa shape index (κ3) is 1.95. The Balaban J connectivity index is 2.54. The molecule has 3 nitrogen and oxygen atoms in total. The van der Waals surface area contributed by atoms with E-state index in [1.807, 2.05) is 18.2 Å². The van der Waals surface area contributed by atoms with E-state index >= 15 is 0 Å². The van der Waals surface area contributed by atoms with Crippen LogP contribution in [0.25, 0.3) is 11.3 Å². The van der Waals surface area contributed by atoms with Gasteiger partial charge >= 0.3 is 0 Å². The highest BCUT2D eigenvalue weighted by Gasteiger charge is 2.11. The summed E-state index contributed by atoms with van der Waals surface area (Å²) in [5.74, 6) is 0.706. The smallest absolute Gasteiger partial charge is 0.286 e. The van der Waals surface area contributed by atoms with Gasteiger partial charge in [0.1, 0.15) is 5.75 Å². The molecule has 0 radical (unpaired) electrons. The van der Waals surface area contributed by atoms with Crippen molar-refractivity contribution in [1.29, 1.82) is 0 Å². The van der Waals surface area contributed by atoms with Crippen molar-refractivity contribution in [1.82, 2.24) is 0 Å². The van der Waals surface area contributed by atoms with Crippen LogP contribution in [0, 0.1) is 5.21 Å². The molecule has 0 bridgehead atoms. The van der Waals surface area contributed by atoms with Crippen molar-refractivity contribution in [3.8, 4) is 17.0 Å². The maximum atomic E-state index is 11.7. The molecule has 0 aliphatic rings. The van der Waals surface area contributed by atoms with Crippen LogP contribution in [-0.2, 0) is 0 Å². The molecule has 0 saturated heterocycles. The number of methoxy groups -OCH3 is 1. The number of hydrogen-bond acceptors (Lipinski definition) is 2. The van der Waals surface area contributed by atoms with Gasteiger partial charge in [0, 0.05) is 12.1 Å². The molecule has 0 fully saturated rings. The van der Waals surface area contributed by atoms with Crippen molar-refractivity contribution in [2.75, 3.05) is 7.11 Å². The van der Waals surface area contributed by atoms with Crippen LogP contribution in [0.5, 0.6) is 5.75 Å². The molecule has 1 heterocycles. The minimum Gasteiger partial charge on any atom is -0.617 e. The zero-order valence-electron chi connectivity index (χ0n) is 8.68. The van der Waals surface area contributed by atoms with Gasteiger partial charge in [-0.15, -0.1) is 0 Å². The number of nitrogens with zero attached hydrogens (tertiary/aromatic N) is 1. The topological polar surface area (TPSA) is 36.2 Å². The van der Waals surface area contributed by atoms with Gasteiger partial charge in [0.15, 0.2) is 0 Å². The number of ether oxygens (including phenoxy) is 1. The van der Waals surface area contributed by atoms with Crippen LogP contribution in [0.1, 0.15) is 0 Å². The molecular formula is C12H10ClNO2. The molecular weight excluding hydrogens is 226 g/mol. The zero-order valence-corrected chi connectivity index (χ0v) is 9.44. The van der Waals surface area contributed by atoms with Gasteiger partial charge in [-0.2, -0.15) is 4.73 Å². The first-order valence-corrected chi connectivity index (χ1v) is 5.12. The molecule has 0 unspecified atom stereocenters. The number of hydrogen-bond donors (Lipinski definition) is 0.